The van der Waals surface area contributed by atoms with E-state index in [2.05, 4.69) is 43.0 Å². The third-order valence-electron chi connectivity index (χ3n) is 3.48. The topological polar surface area (TPSA) is 3.24 Å². The van der Waals surface area contributed by atoms with Crippen molar-refractivity contribution in [2.75, 3.05) is 11.4 Å². The Morgan fingerprint density at radius 2 is 2.21 bits per heavy atom. The molecule has 0 bridgehead atoms. The van der Waals surface area contributed by atoms with E-state index in [9.17, 15) is 0 Å². The standard InChI is InChI=1S/C13H15N/c1-9-3-5-11-6-4-10(2)14-8-7-12(9)13(11)14/h3-6,10H,7-8H2,1-2H3. The number of hydrogen-bond acceptors (Lipinski definition) is 1. The molecular formula is C13H15N. The summed E-state index contributed by atoms with van der Waals surface area (Å²) in [5, 5.41) is 0. The summed E-state index contributed by atoms with van der Waals surface area (Å²) in [5.41, 5.74) is 5.92. The molecule has 14 heavy (non-hydrogen) atoms. The smallest absolute Gasteiger partial charge is 0.0480 e. The van der Waals surface area contributed by atoms with E-state index in [-0.39, 0.29) is 0 Å². The van der Waals surface area contributed by atoms with Gasteiger partial charge in [0.1, 0.15) is 0 Å². The van der Waals surface area contributed by atoms with Crippen LogP contribution in [-0.2, 0) is 6.42 Å². The molecule has 0 spiro atoms. The molecule has 3 rings (SSSR count). The average Bonchev–Trinajstić information content (AvgIpc) is 2.62. The highest BCUT2D eigenvalue weighted by atomic mass is 15.2. The van der Waals surface area contributed by atoms with Crippen molar-refractivity contribution >= 4 is 11.8 Å². The third-order valence-corrected chi connectivity index (χ3v) is 3.48. The summed E-state index contributed by atoms with van der Waals surface area (Å²) < 4.78 is 0. The van der Waals surface area contributed by atoms with Gasteiger partial charge in [0.15, 0.2) is 0 Å². The molecule has 2 heterocycles. The molecule has 0 saturated carbocycles. The van der Waals surface area contributed by atoms with Crippen LogP contribution in [0.1, 0.15) is 23.6 Å². The van der Waals surface area contributed by atoms with Gasteiger partial charge in [0, 0.05) is 18.3 Å². The molecule has 0 fully saturated rings. The Balaban J connectivity index is 2.28. The predicted molar refractivity (Wildman–Crippen MR) is 60.7 cm³/mol. The van der Waals surface area contributed by atoms with Crippen LogP contribution in [-0.4, -0.2) is 12.6 Å². The van der Waals surface area contributed by atoms with E-state index in [1.165, 1.54) is 29.8 Å². The van der Waals surface area contributed by atoms with Gasteiger partial charge in [-0.05, 0) is 37.0 Å². The molecular weight excluding hydrogens is 170 g/mol. The van der Waals surface area contributed by atoms with Gasteiger partial charge in [0.25, 0.3) is 0 Å². The number of rotatable bonds is 0. The molecule has 0 N–H and O–H groups in total. The predicted octanol–water partition coefficient (Wildman–Crippen LogP) is 2.77. The van der Waals surface area contributed by atoms with E-state index in [4.69, 9.17) is 0 Å². The molecule has 1 nitrogen and oxygen atoms in total. The van der Waals surface area contributed by atoms with Crippen molar-refractivity contribution in [3.8, 4) is 0 Å². The van der Waals surface area contributed by atoms with Crippen LogP contribution in [0.4, 0.5) is 5.69 Å². The average molecular weight is 185 g/mol. The molecule has 0 saturated heterocycles. The molecule has 1 aromatic rings. The van der Waals surface area contributed by atoms with E-state index in [1.807, 2.05) is 0 Å². The fourth-order valence-electron chi connectivity index (χ4n) is 2.64. The van der Waals surface area contributed by atoms with Crippen molar-refractivity contribution < 1.29 is 0 Å². The van der Waals surface area contributed by atoms with Gasteiger partial charge in [-0.25, -0.2) is 0 Å². The van der Waals surface area contributed by atoms with E-state index < -0.39 is 0 Å². The maximum absolute atomic E-state index is 2.53. The lowest BCUT2D eigenvalue weighted by atomic mass is 9.99. The first kappa shape index (κ1) is 8.10. The van der Waals surface area contributed by atoms with Crippen molar-refractivity contribution in [3.63, 3.8) is 0 Å². The second-order valence-electron chi connectivity index (χ2n) is 4.34. The summed E-state index contributed by atoms with van der Waals surface area (Å²) in [6.07, 6.45) is 5.79. The van der Waals surface area contributed by atoms with Gasteiger partial charge in [-0.15, -0.1) is 0 Å². The Bertz CT molecular complexity index is 417. The summed E-state index contributed by atoms with van der Waals surface area (Å²) in [6, 6.07) is 5.07. The van der Waals surface area contributed by atoms with Gasteiger partial charge in [-0.3, -0.25) is 0 Å². The summed E-state index contributed by atoms with van der Waals surface area (Å²) in [6.45, 7) is 5.69. The number of hydrogen-bond donors (Lipinski definition) is 0. The van der Waals surface area contributed by atoms with Crippen LogP contribution >= 0.6 is 0 Å². The third kappa shape index (κ3) is 0.899. The lowest BCUT2D eigenvalue weighted by Gasteiger charge is -2.30. The molecule has 0 amide bonds. The quantitative estimate of drug-likeness (QED) is 0.600. The summed E-state index contributed by atoms with van der Waals surface area (Å²) in [5.74, 6) is 0. The highest BCUT2D eigenvalue weighted by Crippen LogP contribution is 2.38. The summed E-state index contributed by atoms with van der Waals surface area (Å²) >= 11 is 0. The molecule has 1 aromatic carbocycles. The molecule has 72 valence electrons. The molecule has 0 radical (unpaired) electrons. The van der Waals surface area contributed by atoms with Crippen molar-refractivity contribution in [1.29, 1.82) is 0 Å². The number of benzene rings is 1. The zero-order valence-corrected chi connectivity index (χ0v) is 8.75. The minimum atomic E-state index is 0.575. The Morgan fingerprint density at radius 1 is 1.36 bits per heavy atom. The normalized spacial score (nSPS) is 22.7. The van der Waals surface area contributed by atoms with Crippen molar-refractivity contribution in [2.45, 2.75) is 26.3 Å². The van der Waals surface area contributed by atoms with Crippen LogP contribution in [0.25, 0.3) is 6.08 Å². The second-order valence-corrected chi connectivity index (χ2v) is 4.34. The highest BCUT2D eigenvalue weighted by molar-refractivity contribution is 5.78. The van der Waals surface area contributed by atoms with Gasteiger partial charge < -0.3 is 4.90 Å². The van der Waals surface area contributed by atoms with Crippen LogP contribution in [0.5, 0.6) is 0 Å². The SMILES string of the molecule is Cc1ccc2c3c1CCN3C(C)C=C2. The molecule has 0 aromatic heterocycles. The lowest BCUT2D eigenvalue weighted by molar-refractivity contribution is 0.761. The Morgan fingerprint density at radius 3 is 3.07 bits per heavy atom. The van der Waals surface area contributed by atoms with Gasteiger partial charge in [-0.1, -0.05) is 24.3 Å². The van der Waals surface area contributed by atoms with E-state index in [0.717, 1.165) is 0 Å². The molecule has 1 atom stereocenters. The Labute approximate surface area is 85.0 Å². The van der Waals surface area contributed by atoms with Gasteiger partial charge in [-0.2, -0.15) is 0 Å². The first-order valence-electron chi connectivity index (χ1n) is 5.34. The van der Waals surface area contributed by atoms with Crippen LogP contribution in [0.3, 0.4) is 0 Å². The number of aryl methyl sites for hydroxylation is 1. The maximum atomic E-state index is 2.53. The van der Waals surface area contributed by atoms with E-state index >= 15 is 0 Å². The second kappa shape index (κ2) is 2.63. The van der Waals surface area contributed by atoms with Gasteiger partial charge in [0.05, 0.1) is 0 Å². The Hall–Kier alpha value is -1.24. The van der Waals surface area contributed by atoms with Crippen LogP contribution in [0.15, 0.2) is 18.2 Å². The fourth-order valence-corrected chi connectivity index (χ4v) is 2.64. The largest absolute Gasteiger partial charge is 0.364 e. The van der Waals surface area contributed by atoms with E-state index in [0.29, 0.717) is 6.04 Å². The van der Waals surface area contributed by atoms with Crippen LogP contribution < -0.4 is 4.90 Å². The maximum Gasteiger partial charge on any atom is 0.0480 e. The molecule has 2 aliphatic rings. The minimum Gasteiger partial charge on any atom is -0.364 e. The molecule has 2 aliphatic heterocycles. The van der Waals surface area contributed by atoms with Crippen LogP contribution in [0.2, 0.25) is 0 Å². The number of nitrogens with zero attached hydrogens (tertiary/aromatic N) is 1. The van der Waals surface area contributed by atoms with E-state index in [1.54, 1.807) is 5.56 Å². The zero-order valence-electron chi connectivity index (χ0n) is 8.75. The first-order valence-corrected chi connectivity index (χ1v) is 5.34. The number of anilines is 1. The first-order chi connectivity index (χ1) is 6.77. The minimum absolute atomic E-state index is 0.575. The fraction of sp³-hybridized carbons (Fsp3) is 0.385. The molecule has 1 heteroatoms. The zero-order chi connectivity index (χ0) is 9.71. The summed E-state index contributed by atoms with van der Waals surface area (Å²) in [4.78, 5) is 2.53. The van der Waals surface area contributed by atoms with Crippen LogP contribution in [0, 0.1) is 6.92 Å². The summed E-state index contributed by atoms with van der Waals surface area (Å²) in [7, 11) is 0. The Kier molecular flexibility index (Phi) is 1.52. The van der Waals surface area contributed by atoms with Gasteiger partial charge >= 0.3 is 0 Å². The lowest BCUT2D eigenvalue weighted by Crippen LogP contribution is -2.31. The molecule has 0 aliphatic carbocycles. The van der Waals surface area contributed by atoms with Crippen molar-refractivity contribution in [3.05, 3.63) is 34.9 Å². The monoisotopic (exact) mass is 185 g/mol. The van der Waals surface area contributed by atoms with Crippen molar-refractivity contribution in [2.24, 2.45) is 0 Å². The van der Waals surface area contributed by atoms with Crippen molar-refractivity contribution in [1.82, 2.24) is 0 Å². The molecule has 1 unspecified atom stereocenters. The highest BCUT2D eigenvalue weighted by Gasteiger charge is 2.27. The van der Waals surface area contributed by atoms with Gasteiger partial charge in [0.2, 0.25) is 0 Å².